The molecule has 0 aromatic heterocycles. The summed E-state index contributed by atoms with van der Waals surface area (Å²) in [6, 6.07) is 5.18. The third-order valence-corrected chi connectivity index (χ3v) is 4.48. The number of aliphatic carboxylic acids is 1. The van der Waals surface area contributed by atoms with Crippen LogP contribution in [0.25, 0.3) is 0 Å². The van der Waals surface area contributed by atoms with Gasteiger partial charge in [0.15, 0.2) is 0 Å². The van der Waals surface area contributed by atoms with Crippen LogP contribution in [0.4, 0.5) is 0 Å². The largest absolute Gasteiger partial charge is 0.481 e. The van der Waals surface area contributed by atoms with Crippen LogP contribution in [0.1, 0.15) is 18.5 Å². The molecule has 1 fully saturated rings. The van der Waals surface area contributed by atoms with Crippen molar-refractivity contribution < 1.29 is 14.6 Å². The zero-order valence-corrected chi connectivity index (χ0v) is 12.9. The zero-order valence-electron chi connectivity index (χ0n) is 11.3. The van der Waals surface area contributed by atoms with Crippen LogP contribution in [0, 0.1) is 5.92 Å². The van der Waals surface area contributed by atoms with Gasteiger partial charge in [0.1, 0.15) is 0 Å². The summed E-state index contributed by atoms with van der Waals surface area (Å²) in [5.74, 6) is -1.33. The molecule has 0 radical (unpaired) electrons. The predicted molar refractivity (Wildman–Crippen MR) is 78.4 cm³/mol. The van der Waals surface area contributed by atoms with E-state index in [0.717, 1.165) is 5.56 Å². The fourth-order valence-corrected chi connectivity index (χ4v) is 3.09. The topological polar surface area (TPSA) is 49.8 Å². The molecule has 20 heavy (non-hydrogen) atoms. The van der Waals surface area contributed by atoms with Gasteiger partial charge in [-0.1, -0.05) is 29.3 Å². The molecule has 1 aromatic rings. The number of nitrogens with zero attached hydrogens (tertiary/aromatic N) is 1. The zero-order chi connectivity index (χ0) is 14.9. The minimum absolute atomic E-state index is 0.0201. The number of rotatable bonds is 4. The number of likely N-dealkylation sites (N-methyl/N-ethyl adjacent to an activating group) is 1. The molecule has 0 aliphatic carbocycles. The van der Waals surface area contributed by atoms with Crippen LogP contribution in [0.5, 0.6) is 0 Å². The lowest BCUT2D eigenvalue weighted by Crippen LogP contribution is -2.42. The SMILES string of the molecule is CC(c1ccc(Cl)cc1Cl)N(C)C1COCC1C(=O)O. The summed E-state index contributed by atoms with van der Waals surface area (Å²) < 4.78 is 5.31. The average Bonchev–Trinajstić information content (AvgIpc) is 2.86. The number of carbonyl (C=O) groups is 1. The van der Waals surface area contributed by atoms with E-state index in [-0.39, 0.29) is 18.7 Å². The Balaban J connectivity index is 2.19. The maximum Gasteiger partial charge on any atom is 0.310 e. The lowest BCUT2D eigenvalue weighted by atomic mass is 9.99. The van der Waals surface area contributed by atoms with E-state index in [1.165, 1.54) is 0 Å². The Morgan fingerprint density at radius 1 is 1.45 bits per heavy atom. The highest BCUT2D eigenvalue weighted by molar-refractivity contribution is 6.35. The second-order valence-electron chi connectivity index (χ2n) is 5.06. The van der Waals surface area contributed by atoms with Gasteiger partial charge in [0, 0.05) is 22.1 Å². The van der Waals surface area contributed by atoms with Crippen LogP contribution in [0.3, 0.4) is 0 Å². The monoisotopic (exact) mass is 317 g/mol. The van der Waals surface area contributed by atoms with E-state index in [1.54, 1.807) is 12.1 Å². The van der Waals surface area contributed by atoms with E-state index in [1.807, 2.05) is 24.9 Å². The van der Waals surface area contributed by atoms with Gasteiger partial charge < -0.3 is 9.84 Å². The molecule has 0 bridgehead atoms. The number of ether oxygens (including phenoxy) is 1. The van der Waals surface area contributed by atoms with E-state index in [4.69, 9.17) is 27.9 Å². The van der Waals surface area contributed by atoms with Crippen molar-refractivity contribution >= 4 is 29.2 Å². The summed E-state index contributed by atoms with van der Waals surface area (Å²) in [6.07, 6.45) is 0. The lowest BCUT2D eigenvalue weighted by molar-refractivity contribution is -0.143. The summed E-state index contributed by atoms with van der Waals surface area (Å²) >= 11 is 12.1. The summed E-state index contributed by atoms with van der Waals surface area (Å²) in [4.78, 5) is 13.2. The molecule has 3 unspecified atom stereocenters. The van der Waals surface area contributed by atoms with Crippen molar-refractivity contribution in [2.75, 3.05) is 20.3 Å². The fraction of sp³-hybridized carbons (Fsp3) is 0.500. The van der Waals surface area contributed by atoms with Crippen LogP contribution in [-0.4, -0.2) is 42.3 Å². The Morgan fingerprint density at radius 2 is 2.15 bits per heavy atom. The minimum atomic E-state index is -0.825. The Bertz CT molecular complexity index is 509. The molecular weight excluding hydrogens is 301 g/mol. The molecule has 110 valence electrons. The van der Waals surface area contributed by atoms with Gasteiger partial charge in [-0.3, -0.25) is 9.69 Å². The Labute approximate surface area is 128 Å². The molecule has 1 saturated heterocycles. The first-order valence-corrected chi connectivity index (χ1v) is 7.15. The Hall–Kier alpha value is -0.810. The smallest absolute Gasteiger partial charge is 0.310 e. The maximum absolute atomic E-state index is 11.2. The van der Waals surface area contributed by atoms with E-state index >= 15 is 0 Å². The van der Waals surface area contributed by atoms with E-state index < -0.39 is 11.9 Å². The van der Waals surface area contributed by atoms with Gasteiger partial charge in [-0.05, 0) is 31.7 Å². The normalized spacial score (nSPS) is 24.1. The first-order chi connectivity index (χ1) is 9.41. The summed E-state index contributed by atoms with van der Waals surface area (Å²) in [5.41, 5.74) is 0.926. The van der Waals surface area contributed by atoms with Crippen LogP contribution < -0.4 is 0 Å². The molecule has 1 aliphatic rings. The standard InChI is InChI=1S/C14H17Cl2NO3/c1-8(10-4-3-9(15)5-12(10)16)17(2)13-7-20-6-11(13)14(18)19/h3-5,8,11,13H,6-7H2,1-2H3,(H,18,19). The van der Waals surface area contributed by atoms with Crippen molar-refractivity contribution in [1.29, 1.82) is 0 Å². The predicted octanol–water partition coefficient (Wildman–Crippen LogP) is 3.09. The molecule has 1 heterocycles. The molecule has 1 aliphatic heterocycles. The molecule has 3 atom stereocenters. The summed E-state index contributed by atoms with van der Waals surface area (Å²) in [6.45, 7) is 2.67. The van der Waals surface area contributed by atoms with E-state index in [0.29, 0.717) is 16.7 Å². The number of hydrogen-bond donors (Lipinski definition) is 1. The number of benzene rings is 1. The van der Waals surface area contributed by atoms with Crippen molar-refractivity contribution in [3.8, 4) is 0 Å². The molecule has 4 nitrogen and oxygen atoms in total. The highest BCUT2D eigenvalue weighted by Crippen LogP contribution is 2.32. The second-order valence-corrected chi connectivity index (χ2v) is 5.90. The number of carboxylic acids is 1. The van der Waals surface area contributed by atoms with Gasteiger partial charge in [-0.2, -0.15) is 0 Å². The number of hydrogen-bond acceptors (Lipinski definition) is 3. The van der Waals surface area contributed by atoms with Crippen molar-refractivity contribution in [2.45, 2.75) is 19.0 Å². The van der Waals surface area contributed by atoms with Crippen molar-refractivity contribution in [2.24, 2.45) is 5.92 Å². The van der Waals surface area contributed by atoms with E-state index in [9.17, 15) is 9.90 Å². The van der Waals surface area contributed by atoms with Gasteiger partial charge in [-0.15, -0.1) is 0 Å². The van der Waals surface area contributed by atoms with E-state index in [2.05, 4.69) is 0 Å². The van der Waals surface area contributed by atoms with Crippen LogP contribution in [0.15, 0.2) is 18.2 Å². The van der Waals surface area contributed by atoms with Gasteiger partial charge in [0.2, 0.25) is 0 Å². The fourth-order valence-electron chi connectivity index (χ4n) is 2.53. The highest BCUT2D eigenvalue weighted by atomic mass is 35.5. The van der Waals surface area contributed by atoms with Gasteiger partial charge in [0.25, 0.3) is 0 Å². The van der Waals surface area contributed by atoms with Crippen molar-refractivity contribution in [3.05, 3.63) is 33.8 Å². The first-order valence-electron chi connectivity index (χ1n) is 6.39. The number of carboxylic acid groups (broad SMARTS) is 1. The Morgan fingerprint density at radius 3 is 2.75 bits per heavy atom. The van der Waals surface area contributed by atoms with Crippen LogP contribution in [0.2, 0.25) is 10.0 Å². The van der Waals surface area contributed by atoms with Crippen molar-refractivity contribution in [1.82, 2.24) is 4.90 Å². The summed E-state index contributed by atoms with van der Waals surface area (Å²) in [7, 11) is 1.89. The molecule has 6 heteroatoms. The van der Waals surface area contributed by atoms with Crippen LogP contribution in [-0.2, 0) is 9.53 Å². The molecular formula is C14H17Cl2NO3. The molecule has 0 amide bonds. The summed E-state index contributed by atoms with van der Waals surface area (Å²) in [5, 5.41) is 10.4. The third kappa shape index (κ3) is 3.09. The lowest BCUT2D eigenvalue weighted by Gasteiger charge is -2.32. The molecule has 1 aromatic carbocycles. The van der Waals surface area contributed by atoms with Crippen molar-refractivity contribution in [3.63, 3.8) is 0 Å². The number of halogens is 2. The van der Waals surface area contributed by atoms with Crippen LogP contribution >= 0.6 is 23.2 Å². The molecule has 0 saturated carbocycles. The second kappa shape index (κ2) is 6.31. The maximum atomic E-state index is 11.2. The van der Waals surface area contributed by atoms with Gasteiger partial charge in [-0.25, -0.2) is 0 Å². The van der Waals surface area contributed by atoms with Gasteiger partial charge in [0.05, 0.1) is 19.1 Å². The molecule has 1 N–H and O–H groups in total. The molecule has 2 rings (SSSR count). The van der Waals surface area contributed by atoms with Gasteiger partial charge >= 0.3 is 5.97 Å². The quantitative estimate of drug-likeness (QED) is 0.927. The Kier molecular flexibility index (Phi) is 4.91. The average molecular weight is 318 g/mol. The highest BCUT2D eigenvalue weighted by Gasteiger charge is 2.38. The molecule has 0 spiro atoms. The third-order valence-electron chi connectivity index (χ3n) is 3.91. The first kappa shape index (κ1) is 15.6. The minimum Gasteiger partial charge on any atom is -0.481 e.